The number of aryl methyl sites for hydroxylation is 2. The summed E-state index contributed by atoms with van der Waals surface area (Å²) in [4.78, 5) is -0.142. The summed E-state index contributed by atoms with van der Waals surface area (Å²) < 4.78 is 63.3. The number of sulfone groups is 1. The van der Waals surface area contributed by atoms with Crippen molar-refractivity contribution >= 4 is 9.84 Å². The van der Waals surface area contributed by atoms with E-state index >= 15 is 0 Å². The molecule has 0 aliphatic heterocycles. The van der Waals surface area contributed by atoms with E-state index in [2.05, 4.69) is 5.10 Å². The molecule has 1 heterocycles. The number of halogens is 3. The van der Waals surface area contributed by atoms with E-state index in [-0.39, 0.29) is 10.6 Å². The Balaban J connectivity index is 2.32. The topological polar surface area (TPSA) is 52.0 Å². The highest BCUT2D eigenvalue weighted by atomic mass is 32.2. The summed E-state index contributed by atoms with van der Waals surface area (Å²) in [5.41, 5.74) is 0.348. The molecule has 0 atom stereocenters. The molecule has 0 radical (unpaired) electrons. The molecular weight excluding hydrogens is 305 g/mol. The molecule has 0 amide bonds. The summed E-state index contributed by atoms with van der Waals surface area (Å²) in [6.45, 7) is 1.73. The largest absolute Gasteiger partial charge is 0.416 e. The first-order valence-electron chi connectivity index (χ1n) is 5.99. The Hall–Kier alpha value is -1.83. The van der Waals surface area contributed by atoms with Crippen LogP contribution < -0.4 is 0 Å². The number of benzene rings is 1. The van der Waals surface area contributed by atoms with Crippen molar-refractivity contribution in [3.63, 3.8) is 0 Å². The minimum atomic E-state index is -4.49. The lowest BCUT2D eigenvalue weighted by molar-refractivity contribution is -0.137. The minimum absolute atomic E-state index is 0.142. The third-order valence-electron chi connectivity index (χ3n) is 3.14. The smallest absolute Gasteiger partial charge is 0.271 e. The standard InChI is InChI=1S/C13H13F3N2O2S/c1-9-7-17-18(2)12(9)8-21(19,20)11-5-3-10(4-6-11)13(14,15)16/h3-7H,8H2,1-2H3. The summed E-state index contributed by atoms with van der Waals surface area (Å²) in [5.74, 6) is -0.305. The molecule has 0 unspecified atom stereocenters. The lowest BCUT2D eigenvalue weighted by Gasteiger charge is -2.09. The maximum atomic E-state index is 12.5. The van der Waals surface area contributed by atoms with E-state index in [1.807, 2.05) is 0 Å². The van der Waals surface area contributed by atoms with Crippen LogP contribution in [0.4, 0.5) is 13.2 Å². The number of hydrogen-bond acceptors (Lipinski definition) is 3. The second-order valence-electron chi connectivity index (χ2n) is 4.68. The van der Waals surface area contributed by atoms with Gasteiger partial charge in [-0.3, -0.25) is 4.68 Å². The SMILES string of the molecule is Cc1cnn(C)c1CS(=O)(=O)c1ccc(C(F)(F)F)cc1. The van der Waals surface area contributed by atoms with Crippen LogP contribution in [0.15, 0.2) is 35.4 Å². The van der Waals surface area contributed by atoms with Gasteiger partial charge in [-0.1, -0.05) is 0 Å². The molecule has 21 heavy (non-hydrogen) atoms. The normalized spacial score (nSPS) is 12.6. The predicted molar refractivity (Wildman–Crippen MR) is 70.3 cm³/mol. The van der Waals surface area contributed by atoms with Gasteiger partial charge < -0.3 is 0 Å². The van der Waals surface area contributed by atoms with Crippen molar-refractivity contribution in [1.82, 2.24) is 9.78 Å². The molecule has 0 N–H and O–H groups in total. The Bertz CT molecular complexity index is 727. The molecule has 0 aliphatic rings. The van der Waals surface area contributed by atoms with Gasteiger partial charge in [0, 0.05) is 7.05 Å². The second kappa shape index (κ2) is 5.18. The molecule has 1 aromatic heterocycles. The van der Waals surface area contributed by atoms with Gasteiger partial charge in [0.1, 0.15) is 0 Å². The van der Waals surface area contributed by atoms with Gasteiger partial charge in [0.25, 0.3) is 0 Å². The molecule has 0 fully saturated rings. The van der Waals surface area contributed by atoms with Crippen molar-refractivity contribution in [1.29, 1.82) is 0 Å². The highest BCUT2D eigenvalue weighted by Gasteiger charge is 2.30. The zero-order chi connectivity index (χ0) is 15.8. The molecule has 2 rings (SSSR count). The van der Waals surface area contributed by atoms with Crippen LogP contribution in [0, 0.1) is 6.92 Å². The highest BCUT2D eigenvalue weighted by Crippen LogP contribution is 2.30. The van der Waals surface area contributed by atoms with Gasteiger partial charge in [-0.15, -0.1) is 0 Å². The van der Waals surface area contributed by atoms with Crippen LogP contribution in [-0.2, 0) is 28.8 Å². The number of rotatable bonds is 3. The van der Waals surface area contributed by atoms with Crippen LogP contribution in [0.2, 0.25) is 0 Å². The highest BCUT2D eigenvalue weighted by molar-refractivity contribution is 7.90. The number of nitrogens with zero attached hydrogens (tertiary/aromatic N) is 2. The molecule has 8 heteroatoms. The third kappa shape index (κ3) is 3.26. The van der Waals surface area contributed by atoms with Gasteiger partial charge in [-0.25, -0.2) is 8.42 Å². The number of hydrogen-bond donors (Lipinski definition) is 0. The van der Waals surface area contributed by atoms with Crippen LogP contribution in [-0.4, -0.2) is 18.2 Å². The van der Waals surface area contributed by atoms with Crippen molar-refractivity contribution < 1.29 is 21.6 Å². The van der Waals surface area contributed by atoms with Crippen molar-refractivity contribution in [2.75, 3.05) is 0 Å². The van der Waals surface area contributed by atoms with E-state index < -0.39 is 21.6 Å². The quantitative estimate of drug-likeness (QED) is 0.874. The van der Waals surface area contributed by atoms with E-state index in [9.17, 15) is 21.6 Å². The van der Waals surface area contributed by atoms with Gasteiger partial charge in [-0.2, -0.15) is 18.3 Å². The summed E-state index contributed by atoms with van der Waals surface area (Å²) >= 11 is 0. The minimum Gasteiger partial charge on any atom is -0.271 e. The van der Waals surface area contributed by atoms with Crippen LogP contribution in [0.1, 0.15) is 16.8 Å². The lowest BCUT2D eigenvalue weighted by Crippen LogP contribution is -2.11. The van der Waals surface area contributed by atoms with E-state index in [1.54, 1.807) is 14.0 Å². The molecule has 0 bridgehead atoms. The molecule has 1 aromatic carbocycles. The first kappa shape index (κ1) is 15.6. The summed E-state index contributed by atoms with van der Waals surface area (Å²) in [6, 6.07) is 3.49. The first-order chi connectivity index (χ1) is 9.61. The van der Waals surface area contributed by atoms with Crippen LogP contribution in [0.25, 0.3) is 0 Å². The fraction of sp³-hybridized carbons (Fsp3) is 0.308. The monoisotopic (exact) mass is 318 g/mol. The Morgan fingerprint density at radius 1 is 1.19 bits per heavy atom. The average molecular weight is 318 g/mol. The zero-order valence-corrected chi connectivity index (χ0v) is 12.2. The molecule has 0 saturated heterocycles. The molecule has 2 aromatic rings. The molecule has 0 aliphatic carbocycles. The Kier molecular flexibility index (Phi) is 3.83. The maximum absolute atomic E-state index is 12.5. The van der Waals surface area contributed by atoms with Gasteiger partial charge in [0.15, 0.2) is 9.84 Å². The van der Waals surface area contributed by atoms with E-state index in [0.29, 0.717) is 11.3 Å². The Morgan fingerprint density at radius 3 is 2.19 bits per heavy atom. The number of alkyl halides is 3. The van der Waals surface area contributed by atoms with Crippen molar-refractivity contribution in [3.05, 3.63) is 47.3 Å². The summed E-state index contributed by atoms with van der Waals surface area (Å²) in [6.07, 6.45) is -2.95. The lowest BCUT2D eigenvalue weighted by atomic mass is 10.2. The van der Waals surface area contributed by atoms with Crippen LogP contribution in [0.5, 0.6) is 0 Å². The molecule has 0 spiro atoms. The van der Waals surface area contributed by atoms with Crippen LogP contribution >= 0.6 is 0 Å². The molecule has 0 saturated carbocycles. The third-order valence-corrected chi connectivity index (χ3v) is 4.78. The van der Waals surface area contributed by atoms with Crippen molar-refractivity contribution in [3.8, 4) is 0 Å². The molecular formula is C13H13F3N2O2S. The Labute approximate surface area is 120 Å². The molecule has 114 valence electrons. The van der Waals surface area contributed by atoms with E-state index in [4.69, 9.17) is 0 Å². The first-order valence-corrected chi connectivity index (χ1v) is 7.64. The predicted octanol–water partition coefficient (Wildman–Crippen LogP) is 2.72. The average Bonchev–Trinajstić information content (AvgIpc) is 2.69. The van der Waals surface area contributed by atoms with Gasteiger partial charge in [0.05, 0.1) is 28.1 Å². The second-order valence-corrected chi connectivity index (χ2v) is 6.67. The van der Waals surface area contributed by atoms with E-state index in [0.717, 1.165) is 24.3 Å². The van der Waals surface area contributed by atoms with Gasteiger partial charge >= 0.3 is 6.18 Å². The number of aromatic nitrogens is 2. The van der Waals surface area contributed by atoms with Crippen molar-refractivity contribution in [2.24, 2.45) is 7.05 Å². The van der Waals surface area contributed by atoms with Gasteiger partial charge in [-0.05, 0) is 36.8 Å². The maximum Gasteiger partial charge on any atom is 0.416 e. The van der Waals surface area contributed by atoms with Crippen LogP contribution in [0.3, 0.4) is 0 Å². The zero-order valence-electron chi connectivity index (χ0n) is 11.3. The Morgan fingerprint density at radius 2 is 1.76 bits per heavy atom. The fourth-order valence-corrected chi connectivity index (χ4v) is 3.39. The van der Waals surface area contributed by atoms with Crippen molar-refractivity contribution in [2.45, 2.75) is 23.7 Å². The fourth-order valence-electron chi connectivity index (χ4n) is 1.89. The summed E-state index contributed by atoms with van der Waals surface area (Å²) in [5, 5.41) is 3.94. The molecule has 4 nitrogen and oxygen atoms in total. The van der Waals surface area contributed by atoms with Gasteiger partial charge in [0.2, 0.25) is 0 Å². The summed E-state index contributed by atoms with van der Waals surface area (Å²) in [7, 11) is -2.10. The van der Waals surface area contributed by atoms with E-state index in [1.165, 1.54) is 10.9 Å².